The predicted molar refractivity (Wildman–Crippen MR) is 102 cm³/mol. The van der Waals surface area contributed by atoms with Gasteiger partial charge >= 0.3 is 6.61 Å². The van der Waals surface area contributed by atoms with E-state index in [2.05, 4.69) is 10.1 Å². The van der Waals surface area contributed by atoms with Crippen LogP contribution in [0.25, 0.3) is 0 Å². The Bertz CT molecular complexity index is 824. The number of carbonyl (C=O) groups is 2. The van der Waals surface area contributed by atoms with Crippen molar-refractivity contribution in [3.8, 4) is 5.75 Å². The van der Waals surface area contributed by atoms with Gasteiger partial charge in [-0.2, -0.15) is 8.78 Å². The highest BCUT2D eigenvalue weighted by Gasteiger charge is 2.27. The molecule has 0 aliphatic carbocycles. The maximum absolute atomic E-state index is 13.0. The second-order valence-electron chi connectivity index (χ2n) is 6.92. The molecule has 0 spiro atoms. The Kier molecular flexibility index (Phi) is 7.64. The Morgan fingerprint density at radius 3 is 2.14 bits per heavy atom. The molecule has 0 bridgehead atoms. The molecule has 2 aromatic carbocycles. The molecule has 0 saturated carbocycles. The van der Waals surface area contributed by atoms with Crippen LogP contribution in [-0.4, -0.2) is 36.4 Å². The lowest BCUT2D eigenvalue weighted by molar-refractivity contribution is -0.133. The minimum absolute atomic E-state index is 0.0318. The van der Waals surface area contributed by atoms with Crippen molar-refractivity contribution in [2.75, 3.05) is 7.05 Å². The molecule has 29 heavy (non-hydrogen) atoms. The van der Waals surface area contributed by atoms with Gasteiger partial charge in [-0.25, -0.2) is 4.39 Å². The maximum atomic E-state index is 13.0. The number of carbonyl (C=O) groups excluding carboxylic acids is 2. The van der Waals surface area contributed by atoms with E-state index in [9.17, 15) is 22.8 Å². The van der Waals surface area contributed by atoms with E-state index < -0.39 is 24.4 Å². The van der Waals surface area contributed by atoms with E-state index in [1.54, 1.807) is 33.0 Å². The van der Waals surface area contributed by atoms with Crippen LogP contribution in [0, 0.1) is 11.7 Å². The fourth-order valence-electron chi connectivity index (χ4n) is 2.70. The molecule has 0 heterocycles. The first-order valence-corrected chi connectivity index (χ1v) is 9.02. The number of amides is 2. The van der Waals surface area contributed by atoms with E-state index in [1.165, 1.54) is 41.3 Å². The summed E-state index contributed by atoms with van der Waals surface area (Å²) < 4.78 is 41.8. The number of rotatable bonds is 8. The van der Waals surface area contributed by atoms with Gasteiger partial charge in [-0.15, -0.1) is 0 Å². The molecule has 0 aliphatic rings. The zero-order valence-electron chi connectivity index (χ0n) is 16.4. The number of benzene rings is 2. The molecule has 8 heteroatoms. The molecule has 0 aliphatic heterocycles. The molecule has 1 N–H and O–H groups in total. The van der Waals surface area contributed by atoms with Gasteiger partial charge in [-0.3, -0.25) is 9.59 Å². The molecule has 0 aromatic heterocycles. The minimum atomic E-state index is -2.90. The van der Waals surface area contributed by atoms with Crippen LogP contribution >= 0.6 is 0 Å². The van der Waals surface area contributed by atoms with Gasteiger partial charge in [0.15, 0.2) is 0 Å². The van der Waals surface area contributed by atoms with Crippen molar-refractivity contribution >= 4 is 11.8 Å². The van der Waals surface area contributed by atoms with Gasteiger partial charge < -0.3 is 15.0 Å². The first kappa shape index (κ1) is 22.3. The average molecular weight is 408 g/mol. The lowest BCUT2D eigenvalue weighted by atomic mass is 10.0. The molecule has 1 atom stereocenters. The number of hydrogen-bond donors (Lipinski definition) is 1. The van der Waals surface area contributed by atoms with Crippen molar-refractivity contribution in [1.82, 2.24) is 10.2 Å². The van der Waals surface area contributed by atoms with Crippen molar-refractivity contribution in [2.45, 2.75) is 33.0 Å². The van der Waals surface area contributed by atoms with Gasteiger partial charge in [0.05, 0.1) is 0 Å². The van der Waals surface area contributed by atoms with Gasteiger partial charge in [0.2, 0.25) is 5.91 Å². The summed E-state index contributed by atoms with van der Waals surface area (Å²) in [5.74, 6) is -1.38. The third-order valence-electron chi connectivity index (χ3n) is 4.27. The summed E-state index contributed by atoms with van der Waals surface area (Å²) in [4.78, 5) is 26.7. The van der Waals surface area contributed by atoms with E-state index in [1.807, 2.05) is 0 Å². The second-order valence-corrected chi connectivity index (χ2v) is 6.92. The molecule has 2 aromatic rings. The van der Waals surface area contributed by atoms with Crippen LogP contribution in [-0.2, 0) is 11.3 Å². The van der Waals surface area contributed by atoms with Crippen LogP contribution in [0.2, 0.25) is 0 Å². The fraction of sp³-hybridized carbons (Fsp3) is 0.333. The number of nitrogens with one attached hydrogen (secondary N) is 1. The van der Waals surface area contributed by atoms with Crippen molar-refractivity contribution in [1.29, 1.82) is 0 Å². The molecule has 0 saturated heterocycles. The van der Waals surface area contributed by atoms with Gasteiger partial charge in [0.1, 0.15) is 17.6 Å². The van der Waals surface area contributed by atoms with Gasteiger partial charge in [0, 0.05) is 19.2 Å². The largest absolute Gasteiger partial charge is 0.435 e. The Labute approximate surface area is 167 Å². The summed E-state index contributed by atoms with van der Waals surface area (Å²) in [5, 5.41) is 2.69. The molecule has 5 nitrogen and oxygen atoms in total. The van der Waals surface area contributed by atoms with E-state index in [4.69, 9.17) is 0 Å². The lowest BCUT2D eigenvalue weighted by Crippen LogP contribution is -2.50. The molecule has 0 radical (unpaired) electrons. The van der Waals surface area contributed by atoms with Gasteiger partial charge in [-0.05, 0) is 47.9 Å². The normalized spacial score (nSPS) is 12.0. The van der Waals surface area contributed by atoms with Crippen LogP contribution in [0.3, 0.4) is 0 Å². The highest BCUT2D eigenvalue weighted by molar-refractivity contribution is 5.97. The SMILES string of the molecule is CC(C)[C@H](NC(=O)c1ccc(F)cc1)C(=O)N(C)Cc1ccc(OC(F)F)cc1. The third kappa shape index (κ3) is 6.51. The van der Waals surface area contributed by atoms with Gasteiger partial charge in [0.25, 0.3) is 5.91 Å². The van der Waals surface area contributed by atoms with Crippen LogP contribution in [0.1, 0.15) is 29.8 Å². The Balaban J connectivity index is 2.03. The summed E-state index contributed by atoms with van der Waals surface area (Å²) in [7, 11) is 1.59. The monoisotopic (exact) mass is 408 g/mol. The molecule has 0 unspecified atom stereocenters. The van der Waals surface area contributed by atoms with Crippen molar-refractivity contribution in [3.05, 3.63) is 65.5 Å². The number of likely N-dealkylation sites (N-methyl/N-ethyl adjacent to an activating group) is 1. The molecular formula is C21H23F3N2O3. The number of alkyl halides is 2. The predicted octanol–water partition coefficient (Wildman–Crippen LogP) is 3.84. The molecule has 0 fully saturated rings. The third-order valence-corrected chi connectivity index (χ3v) is 4.27. The summed E-state index contributed by atoms with van der Waals surface area (Å²) in [6, 6.07) is 10.2. The van der Waals surface area contributed by atoms with Crippen LogP contribution in [0.15, 0.2) is 48.5 Å². The van der Waals surface area contributed by atoms with E-state index in [0.717, 1.165) is 5.56 Å². The van der Waals surface area contributed by atoms with Crippen molar-refractivity contribution < 1.29 is 27.5 Å². The van der Waals surface area contributed by atoms with E-state index in [0.29, 0.717) is 0 Å². The van der Waals surface area contributed by atoms with Crippen LogP contribution < -0.4 is 10.1 Å². The topological polar surface area (TPSA) is 58.6 Å². The standard InChI is InChI=1S/C21H23F3N2O3/c1-13(2)18(25-19(27)15-6-8-16(22)9-7-15)20(28)26(3)12-14-4-10-17(11-5-14)29-21(23)24/h4-11,13,18,21H,12H2,1-3H3,(H,25,27)/t18-/m0/s1. The summed E-state index contributed by atoms with van der Waals surface area (Å²) in [6.07, 6.45) is 0. The zero-order valence-corrected chi connectivity index (χ0v) is 16.4. The number of ether oxygens (including phenoxy) is 1. The first-order valence-electron chi connectivity index (χ1n) is 9.02. The summed E-state index contributed by atoms with van der Waals surface area (Å²) in [5.41, 5.74) is 0.969. The van der Waals surface area contributed by atoms with E-state index >= 15 is 0 Å². The highest BCUT2D eigenvalue weighted by atomic mass is 19.3. The molecule has 156 valence electrons. The second kappa shape index (κ2) is 9.95. The quantitative estimate of drug-likeness (QED) is 0.722. The Morgan fingerprint density at radius 1 is 1.03 bits per heavy atom. The smallest absolute Gasteiger partial charge is 0.387 e. The number of halogens is 3. The number of nitrogens with zero attached hydrogens (tertiary/aromatic N) is 1. The molecule has 2 amide bonds. The summed E-state index contributed by atoms with van der Waals surface area (Å²) in [6.45, 7) is 0.931. The lowest BCUT2D eigenvalue weighted by Gasteiger charge is -2.27. The van der Waals surface area contributed by atoms with Crippen LogP contribution in [0.4, 0.5) is 13.2 Å². The number of hydrogen-bond acceptors (Lipinski definition) is 3. The maximum Gasteiger partial charge on any atom is 0.387 e. The zero-order chi connectivity index (χ0) is 21.6. The first-order chi connectivity index (χ1) is 13.7. The summed E-state index contributed by atoms with van der Waals surface area (Å²) >= 11 is 0. The fourth-order valence-corrected chi connectivity index (χ4v) is 2.70. The van der Waals surface area contributed by atoms with Gasteiger partial charge in [-0.1, -0.05) is 26.0 Å². The van der Waals surface area contributed by atoms with Crippen LogP contribution in [0.5, 0.6) is 5.75 Å². The molecular weight excluding hydrogens is 385 g/mol. The minimum Gasteiger partial charge on any atom is -0.435 e. The Morgan fingerprint density at radius 2 is 1.62 bits per heavy atom. The van der Waals surface area contributed by atoms with E-state index in [-0.39, 0.29) is 29.7 Å². The Hall–Kier alpha value is -3.03. The van der Waals surface area contributed by atoms with Crippen molar-refractivity contribution in [2.24, 2.45) is 5.92 Å². The highest BCUT2D eigenvalue weighted by Crippen LogP contribution is 2.17. The average Bonchev–Trinajstić information content (AvgIpc) is 2.66. The van der Waals surface area contributed by atoms with Crippen molar-refractivity contribution in [3.63, 3.8) is 0 Å². The molecule has 2 rings (SSSR count).